The van der Waals surface area contributed by atoms with Crippen LogP contribution in [-0.4, -0.2) is 25.0 Å². The van der Waals surface area contributed by atoms with Crippen LogP contribution < -0.4 is 10.6 Å². The standard InChI is InChI=1S/C20H30N2O.ClH/c1-15(16-10-12-21-13-11-16)14-20(23)22-19-9-5-8-18(19)17-6-3-2-4-7-17;/h2-4,6-7,15-16,18-19,21H,5,8-14H2,1H3,(H,22,23);1H. The highest BCUT2D eigenvalue weighted by Gasteiger charge is 2.30. The van der Waals surface area contributed by atoms with Crippen LogP contribution >= 0.6 is 12.4 Å². The number of halogens is 1. The van der Waals surface area contributed by atoms with Gasteiger partial charge in [0.2, 0.25) is 5.91 Å². The first-order valence-electron chi connectivity index (χ1n) is 9.29. The number of carbonyl (C=O) groups excluding carboxylic acids is 1. The van der Waals surface area contributed by atoms with Crippen molar-refractivity contribution < 1.29 is 4.79 Å². The van der Waals surface area contributed by atoms with E-state index in [0.29, 0.717) is 30.2 Å². The minimum absolute atomic E-state index is 0. The number of piperidine rings is 1. The second kappa shape index (κ2) is 9.43. The number of benzene rings is 1. The Hall–Kier alpha value is -1.06. The van der Waals surface area contributed by atoms with Gasteiger partial charge < -0.3 is 10.6 Å². The molecule has 4 heteroatoms. The van der Waals surface area contributed by atoms with Gasteiger partial charge in [-0.15, -0.1) is 12.4 Å². The third-order valence-corrected chi connectivity index (χ3v) is 5.79. The molecule has 1 aliphatic carbocycles. The zero-order valence-electron chi connectivity index (χ0n) is 14.7. The molecule has 1 aromatic rings. The lowest BCUT2D eigenvalue weighted by atomic mass is 9.84. The molecule has 2 aliphatic rings. The molecule has 3 nitrogen and oxygen atoms in total. The largest absolute Gasteiger partial charge is 0.353 e. The van der Waals surface area contributed by atoms with E-state index in [1.165, 1.54) is 31.2 Å². The lowest BCUT2D eigenvalue weighted by molar-refractivity contribution is -0.123. The first-order chi connectivity index (χ1) is 11.2. The fourth-order valence-corrected chi connectivity index (χ4v) is 4.37. The van der Waals surface area contributed by atoms with Crippen molar-refractivity contribution in [2.24, 2.45) is 11.8 Å². The van der Waals surface area contributed by atoms with Crippen LogP contribution in [0.5, 0.6) is 0 Å². The molecule has 3 rings (SSSR count). The zero-order valence-corrected chi connectivity index (χ0v) is 15.5. The summed E-state index contributed by atoms with van der Waals surface area (Å²) in [6.07, 6.45) is 6.64. The molecule has 1 amide bonds. The zero-order chi connectivity index (χ0) is 16.1. The normalized spacial score (nSPS) is 25.7. The van der Waals surface area contributed by atoms with E-state index < -0.39 is 0 Å². The van der Waals surface area contributed by atoms with Crippen LogP contribution in [0.15, 0.2) is 30.3 Å². The summed E-state index contributed by atoms with van der Waals surface area (Å²) >= 11 is 0. The highest BCUT2D eigenvalue weighted by Crippen LogP contribution is 2.34. The van der Waals surface area contributed by atoms with Crippen molar-refractivity contribution in [3.8, 4) is 0 Å². The second-order valence-corrected chi connectivity index (χ2v) is 7.39. The van der Waals surface area contributed by atoms with E-state index in [0.717, 1.165) is 19.5 Å². The smallest absolute Gasteiger partial charge is 0.220 e. The van der Waals surface area contributed by atoms with Crippen molar-refractivity contribution in [3.63, 3.8) is 0 Å². The molecule has 3 atom stereocenters. The molecule has 3 unspecified atom stereocenters. The van der Waals surface area contributed by atoms with Crippen molar-refractivity contribution in [1.82, 2.24) is 10.6 Å². The van der Waals surface area contributed by atoms with Crippen LogP contribution in [0.3, 0.4) is 0 Å². The van der Waals surface area contributed by atoms with Crippen molar-refractivity contribution in [3.05, 3.63) is 35.9 Å². The Balaban J connectivity index is 0.00000208. The van der Waals surface area contributed by atoms with Crippen LogP contribution in [-0.2, 0) is 4.79 Å². The highest BCUT2D eigenvalue weighted by molar-refractivity contribution is 5.85. The molecule has 2 N–H and O–H groups in total. The quantitative estimate of drug-likeness (QED) is 0.845. The Morgan fingerprint density at radius 1 is 1.17 bits per heavy atom. The van der Waals surface area contributed by atoms with Crippen LogP contribution in [0, 0.1) is 11.8 Å². The molecule has 2 fully saturated rings. The van der Waals surface area contributed by atoms with Crippen molar-refractivity contribution in [2.45, 2.75) is 57.4 Å². The molecule has 1 saturated carbocycles. The molecular formula is C20H31ClN2O. The summed E-state index contributed by atoms with van der Waals surface area (Å²) in [5, 5.41) is 6.75. The molecule has 0 spiro atoms. The van der Waals surface area contributed by atoms with E-state index in [9.17, 15) is 4.79 Å². The van der Waals surface area contributed by atoms with Crippen LogP contribution in [0.4, 0.5) is 0 Å². The Morgan fingerprint density at radius 3 is 2.58 bits per heavy atom. The lowest BCUT2D eigenvalue weighted by Gasteiger charge is -2.29. The van der Waals surface area contributed by atoms with Gasteiger partial charge in [-0.2, -0.15) is 0 Å². The minimum atomic E-state index is 0. The molecule has 1 aliphatic heterocycles. The maximum Gasteiger partial charge on any atom is 0.220 e. The SMILES string of the molecule is CC(CC(=O)NC1CCCC1c1ccccc1)C1CCNCC1.Cl. The number of nitrogens with one attached hydrogen (secondary N) is 2. The molecule has 0 bridgehead atoms. The Labute approximate surface area is 152 Å². The Kier molecular flexibility index (Phi) is 7.57. The van der Waals surface area contributed by atoms with E-state index in [1.807, 2.05) is 0 Å². The summed E-state index contributed by atoms with van der Waals surface area (Å²) in [6.45, 7) is 4.46. The minimum Gasteiger partial charge on any atom is -0.353 e. The van der Waals surface area contributed by atoms with Crippen molar-refractivity contribution in [1.29, 1.82) is 0 Å². The molecule has 134 valence electrons. The summed E-state index contributed by atoms with van der Waals surface area (Å²) in [5.41, 5.74) is 1.38. The number of hydrogen-bond acceptors (Lipinski definition) is 2. The van der Waals surface area contributed by atoms with Gasteiger partial charge in [0.1, 0.15) is 0 Å². The first-order valence-corrected chi connectivity index (χ1v) is 9.29. The summed E-state index contributed by atoms with van der Waals surface area (Å²) < 4.78 is 0. The summed E-state index contributed by atoms with van der Waals surface area (Å²) in [4.78, 5) is 12.5. The van der Waals surface area contributed by atoms with E-state index in [1.54, 1.807) is 0 Å². The third-order valence-electron chi connectivity index (χ3n) is 5.79. The number of rotatable bonds is 5. The van der Waals surface area contributed by atoms with Crippen LogP contribution in [0.1, 0.15) is 56.9 Å². The van der Waals surface area contributed by atoms with Gasteiger partial charge in [-0.25, -0.2) is 0 Å². The number of carbonyl (C=O) groups is 1. The number of amides is 1. The lowest BCUT2D eigenvalue weighted by Crippen LogP contribution is -2.38. The van der Waals surface area contributed by atoms with E-state index in [-0.39, 0.29) is 18.3 Å². The average Bonchev–Trinajstić information content (AvgIpc) is 3.04. The predicted octanol–water partition coefficient (Wildman–Crippen LogP) is 3.89. The molecule has 1 heterocycles. The van der Waals surface area contributed by atoms with Gasteiger partial charge in [0.25, 0.3) is 0 Å². The Morgan fingerprint density at radius 2 is 1.88 bits per heavy atom. The highest BCUT2D eigenvalue weighted by atomic mass is 35.5. The summed E-state index contributed by atoms with van der Waals surface area (Å²) in [6, 6.07) is 11.0. The maximum atomic E-state index is 12.5. The van der Waals surface area contributed by atoms with Gasteiger partial charge in [-0.3, -0.25) is 4.79 Å². The van der Waals surface area contributed by atoms with Gasteiger partial charge >= 0.3 is 0 Å². The fourth-order valence-electron chi connectivity index (χ4n) is 4.37. The van der Waals surface area contributed by atoms with E-state index >= 15 is 0 Å². The van der Waals surface area contributed by atoms with Gasteiger partial charge in [-0.05, 0) is 56.2 Å². The van der Waals surface area contributed by atoms with Crippen molar-refractivity contribution in [2.75, 3.05) is 13.1 Å². The molecule has 1 saturated heterocycles. The first kappa shape index (κ1) is 19.3. The maximum absolute atomic E-state index is 12.5. The molecule has 0 radical (unpaired) electrons. The molecule has 1 aromatic carbocycles. The van der Waals surface area contributed by atoms with E-state index in [4.69, 9.17) is 0 Å². The third kappa shape index (κ3) is 4.97. The topological polar surface area (TPSA) is 41.1 Å². The molecule has 0 aromatic heterocycles. The molecular weight excluding hydrogens is 320 g/mol. The van der Waals surface area contributed by atoms with E-state index in [2.05, 4.69) is 47.9 Å². The average molecular weight is 351 g/mol. The van der Waals surface area contributed by atoms with Gasteiger partial charge in [0.15, 0.2) is 0 Å². The van der Waals surface area contributed by atoms with Crippen molar-refractivity contribution >= 4 is 18.3 Å². The molecule has 24 heavy (non-hydrogen) atoms. The van der Waals surface area contributed by atoms with Gasteiger partial charge in [-0.1, -0.05) is 43.7 Å². The summed E-state index contributed by atoms with van der Waals surface area (Å²) in [5.74, 6) is 1.95. The number of hydrogen-bond donors (Lipinski definition) is 2. The predicted molar refractivity (Wildman–Crippen MR) is 102 cm³/mol. The second-order valence-electron chi connectivity index (χ2n) is 7.39. The van der Waals surface area contributed by atoms with Crippen LogP contribution in [0.2, 0.25) is 0 Å². The van der Waals surface area contributed by atoms with Crippen LogP contribution in [0.25, 0.3) is 0 Å². The van der Waals surface area contributed by atoms with Gasteiger partial charge in [0.05, 0.1) is 0 Å². The van der Waals surface area contributed by atoms with Gasteiger partial charge in [0, 0.05) is 18.4 Å². The Bertz CT molecular complexity index is 502. The monoisotopic (exact) mass is 350 g/mol. The summed E-state index contributed by atoms with van der Waals surface area (Å²) in [7, 11) is 0. The fraction of sp³-hybridized carbons (Fsp3) is 0.650.